The Labute approximate surface area is 120 Å². The van der Waals surface area contributed by atoms with Crippen molar-refractivity contribution >= 4 is 38.2 Å². The molecule has 5 heteroatoms. The minimum Gasteiger partial charge on any atom is -0.409 e. The van der Waals surface area contributed by atoms with Gasteiger partial charge in [-0.2, -0.15) is 0 Å². The minimum atomic E-state index is 0.269. The number of rotatable bonds is 5. The van der Waals surface area contributed by atoms with Crippen LogP contribution in [0.4, 0.5) is 5.69 Å². The molecular formula is C14H16BrN3O. The van der Waals surface area contributed by atoms with Gasteiger partial charge in [-0.25, -0.2) is 0 Å². The largest absolute Gasteiger partial charge is 0.409 e. The molecule has 0 spiro atoms. The Morgan fingerprint density at radius 1 is 1.21 bits per heavy atom. The van der Waals surface area contributed by atoms with Gasteiger partial charge in [0, 0.05) is 23.1 Å². The molecule has 19 heavy (non-hydrogen) atoms. The fourth-order valence-corrected chi connectivity index (χ4v) is 2.26. The average Bonchev–Trinajstić information content (AvgIpc) is 2.43. The van der Waals surface area contributed by atoms with E-state index in [0.29, 0.717) is 6.42 Å². The molecular weight excluding hydrogens is 306 g/mol. The maximum absolute atomic E-state index is 8.43. The molecule has 0 amide bonds. The first-order chi connectivity index (χ1) is 9.19. The van der Waals surface area contributed by atoms with Crippen molar-refractivity contribution < 1.29 is 5.21 Å². The maximum Gasteiger partial charge on any atom is 0.139 e. The Balaban J connectivity index is 1.96. The van der Waals surface area contributed by atoms with Gasteiger partial charge in [0.15, 0.2) is 0 Å². The van der Waals surface area contributed by atoms with Crippen LogP contribution in [0.3, 0.4) is 0 Å². The highest BCUT2D eigenvalue weighted by Gasteiger charge is 1.98. The Bertz CT molecular complexity index is 598. The van der Waals surface area contributed by atoms with E-state index < -0.39 is 0 Å². The van der Waals surface area contributed by atoms with E-state index in [0.717, 1.165) is 23.1 Å². The Morgan fingerprint density at radius 3 is 2.74 bits per heavy atom. The zero-order valence-electron chi connectivity index (χ0n) is 10.4. The van der Waals surface area contributed by atoms with E-state index in [2.05, 4.69) is 56.7 Å². The number of anilines is 1. The number of fused-ring (bicyclic) bond motifs is 1. The van der Waals surface area contributed by atoms with E-state index in [4.69, 9.17) is 10.9 Å². The van der Waals surface area contributed by atoms with Gasteiger partial charge >= 0.3 is 0 Å². The zero-order chi connectivity index (χ0) is 13.7. The molecule has 0 aliphatic carbocycles. The number of benzene rings is 2. The van der Waals surface area contributed by atoms with Crippen LogP contribution in [-0.2, 0) is 0 Å². The highest BCUT2D eigenvalue weighted by Crippen LogP contribution is 2.22. The maximum atomic E-state index is 8.43. The van der Waals surface area contributed by atoms with Crippen molar-refractivity contribution in [3.05, 3.63) is 40.9 Å². The lowest BCUT2D eigenvalue weighted by atomic mass is 10.1. The Kier molecular flexibility index (Phi) is 4.63. The third kappa shape index (κ3) is 3.86. The summed E-state index contributed by atoms with van der Waals surface area (Å²) >= 11 is 3.46. The van der Waals surface area contributed by atoms with Gasteiger partial charge in [-0.1, -0.05) is 33.2 Å². The molecule has 4 nitrogen and oxygen atoms in total. The van der Waals surface area contributed by atoms with E-state index in [1.807, 2.05) is 6.07 Å². The number of halogens is 1. The molecule has 0 saturated carbocycles. The standard InChI is InChI=1S/C14H16BrN3O/c15-12-5-3-11-9-13(6-4-10(11)8-12)17-7-1-2-14(16)18-19/h3-6,8-9,17,19H,1-2,7H2,(H2,16,18). The summed E-state index contributed by atoms with van der Waals surface area (Å²) in [6.45, 7) is 0.790. The van der Waals surface area contributed by atoms with Crippen LogP contribution < -0.4 is 11.1 Å². The van der Waals surface area contributed by atoms with E-state index in [1.54, 1.807) is 0 Å². The molecule has 0 aliphatic rings. The van der Waals surface area contributed by atoms with E-state index >= 15 is 0 Å². The van der Waals surface area contributed by atoms with Crippen LogP contribution in [0.25, 0.3) is 10.8 Å². The second kappa shape index (κ2) is 6.43. The number of oxime groups is 1. The number of hydrogen-bond acceptors (Lipinski definition) is 3. The monoisotopic (exact) mass is 321 g/mol. The third-order valence-electron chi connectivity index (χ3n) is 2.87. The topological polar surface area (TPSA) is 70.6 Å². The van der Waals surface area contributed by atoms with Gasteiger partial charge in [-0.3, -0.25) is 0 Å². The summed E-state index contributed by atoms with van der Waals surface area (Å²) in [4.78, 5) is 0. The Hall–Kier alpha value is -1.75. The molecule has 0 aromatic heterocycles. The van der Waals surface area contributed by atoms with Gasteiger partial charge in [0.25, 0.3) is 0 Å². The second-order valence-electron chi connectivity index (χ2n) is 4.33. The average molecular weight is 322 g/mol. The lowest BCUT2D eigenvalue weighted by Crippen LogP contribution is -2.13. The summed E-state index contributed by atoms with van der Waals surface area (Å²) in [7, 11) is 0. The van der Waals surface area contributed by atoms with Gasteiger partial charge in [-0.15, -0.1) is 0 Å². The van der Waals surface area contributed by atoms with Gasteiger partial charge in [0.2, 0.25) is 0 Å². The van der Waals surface area contributed by atoms with E-state index in [-0.39, 0.29) is 5.84 Å². The summed E-state index contributed by atoms with van der Waals surface area (Å²) in [5.74, 6) is 0.269. The predicted octanol–water partition coefficient (Wildman–Crippen LogP) is 3.54. The number of amidine groups is 1. The third-order valence-corrected chi connectivity index (χ3v) is 3.36. The number of nitrogens with one attached hydrogen (secondary N) is 1. The van der Waals surface area contributed by atoms with Crippen molar-refractivity contribution in [2.45, 2.75) is 12.8 Å². The molecule has 4 N–H and O–H groups in total. The molecule has 0 bridgehead atoms. The lowest BCUT2D eigenvalue weighted by Gasteiger charge is -2.07. The summed E-state index contributed by atoms with van der Waals surface area (Å²) in [5, 5.41) is 17.1. The number of hydrogen-bond donors (Lipinski definition) is 3. The van der Waals surface area contributed by atoms with Crippen molar-refractivity contribution in [3.63, 3.8) is 0 Å². The molecule has 2 rings (SSSR count). The molecule has 0 radical (unpaired) electrons. The fraction of sp³-hybridized carbons (Fsp3) is 0.214. The van der Waals surface area contributed by atoms with Crippen LogP contribution in [0.1, 0.15) is 12.8 Å². The smallest absolute Gasteiger partial charge is 0.139 e. The lowest BCUT2D eigenvalue weighted by molar-refractivity contribution is 0.316. The first-order valence-corrected chi connectivity index (χ1v) is 6.88. The van der Waals surface area contributed by atoms with Crippen LogP contribution in [0.5, 0.6) is 0 Å². The fourth-order valence-electron chi connectivity index (χ4n) is 1.88. The van der Waals surface area contributed by atoms with Crippen molar-refractivity contribution in [1.29, 1.82) is 0 Å². The highest BCUT2D eigenvalue weighted by atomic mass is 79.9. The highest BCUT2D eigenvalue weighted by molar-refractivity contribution is 9.10. The molecule has 0 fully saturated rings. The number of nitrogens with zero attached hydrogens (tertiary/aromatic N) is 1. The van der Waals surface area contributed by atoms with Crippen LogP contribution >= 0.6 is 15.9 Å². The van der Waals surface area contributed by atoms with Crippen LogP contribution in [0, 0.1) is 0 Å². The molecule has 0 heterocycles. The minimum absolute atomic E-state index is 0.269. The zero-order valence-corrected chi connectivity index (χ0v) is 12.0. The normalized spacial score (nSPS) is 11.7. The molecule has 2 aromatic rings. The summed E-state index contributed by atoms with van der Waals surface area (Å²) in [6, 6.07) is 12.5. The molecule has 100 valence electrons. The number of nitrogens with two attached hydrogens (primary N) is 1. The molecule has 0 unspecified atom stereocenters. The van der Waals surface area contributed by atoms with Gasteiger partial charge in [0.1, 0.15) is 5.84 Å². The summed E-state index contributed by atoms with van der Waals surface area (Å²) in [6.07, 6.45) is 1.41. The molecule has 0 atom stereocenters. The van der Waals surface area contributed by atoms with Gasteiger partial charge < -0.3 is 16.3 Å². The first kappa shape index (κ1) is 13.7. The van der Waals surface area contributed by atoms with Crippen molar-refractivity contribution in [2.24, 2.45) is 10.9 Å². The summed E-state index contributed by atoms with van der Waals surface area (Å²) in [5.41, 5.74) is 6.49. The quantitative estimate of drug-likeness (QED) is 0.259. The van der Waals surface area contributed by atoms with E-state index in [9.17, 15) is 0 Å². The molecule has 0 saturated heterocycles. The van der Waals surface area contributed by atoms with Crippen LogP contribution in [-0.4, -0.2) is 17.6 Å². The van der Waals surface area contributed by atoms with Gasteiger partial charge in [-0.05, 0) is 41.5 Å². The first-order valence-electron chi connectivity index (χ1n) is 6.08. The SMILES string of the molecule is N/C(CCCNc1ccc2cc(Br)ccc2c1)=N/O. The summed E-state index contributed by atoms with van der Waals surface area (Å²) < 4.78 is 1.08. The van der Waals surface area contributed by atoms with Gasteiger partial charge in [0.05, 0.1) is 0 Å². The predicted molar refractivity (Wildman–Crippen MR) is 82.8 cm³/mol. The van der Waals surface area contributed by atoms with Crippen molar-refractivity contribution in [1.82, 2.24) is 0 Å². The molecule has 0 aliphatic heterocycles. The Morgan fingerprint density at radius 2 is 1.95 bits per heavy atom. The van der Waals surface area contributed by atoms with Crippen LogP contribution in [0.2, 0.25) is 0 Å². The van der Waals surface area contributed by atoms with Crippen molar-refractivity contribution in [2.75, 3.05) is 11.9 Å². The molecule has 2 aromatic carbocycles. The van der Waals surface area contributed by atoms with E-state index in [1.165, 1.54) is 10.8 Å². The van der Waals surface area contributed by atoms with Crippen molar-refractivity contribution in [3.8, 4) is 0 Å². The van der Waals surface area contributed by atoms with Crippen LogP contribution in [0.15, 0.2) is 46.0 Å². The second-order valence-corrected chi connectivity index (χ2v) is 5.24.